The highest BCUT2D eigenvalue weighted by Crippen LogP contribution is 2.25. The molecule has 3 nitrogen and oxygen atoms in total. The molecule has 1 fully saturated rings. The van der Waals surface area contributed by atoms with Gasteiger partial charge in [-0.05, 0) is 43.9 Å². The summed E-state index contributed by atoms with van der Waals surface area (Å²) in [7, 11) is -3.48. The van der Waals surface area contributed by atoms with Gasteiger partial charge < -0.3 is 0 Å². The van der Waals surface area contributed by atoms with Crippen LogP contribution in [0.4, 0.5) is 0 Å². The largest absolute Gasteiger partial charge is 0.241 e. The molecule has 0 spiro atoms. The predicted molar refractivity (Wildman–Crippen MR) is 78.1 cm³/mol. The Morgan fingerprint density at radius 2 is 1.89 bits per heavy atom. The van der Waals surface area contributed by atoms with Crippen LogP contribution in [0.1, 0.15) is 36.8 Å². The highest BCUT2D eigenvalue weighted by molar-refractivity contribution is 7.89. The molecule has 1 aliphatic rings. The van der Waals surface area contributed by atoms with Gasteiger partial charge in [0.05, 0.1) is 4.90 Å². The number of benzene rings is 1. The SMILES string of the molecule is Cc1ccc(C)c(S(=O)(=O)NC2CCCCC2Cl)c1. The first-order valence-corrected chi connectivity index (χ1v) is 8.56. The number of sulfonamides is 1. The molecule has 0 aromatic heterocycles. The van der Waals surface area contributed by atoms with Crippen molar-refractivity contribution in [1.29, 1.82) is 0 Å². The quantitative estimate of drug-likeness (QED) is 0.872. The molecule has 2 atom stereocenters. The molecule has 0 bridgehead atoms. The van der Waals surface area contributed by atoms with Gasteiger partial charge in [-0.3, -0.25) is 0 Å². The van der Waals surface area contributed by atoms with E-state index in [1.807, 2.05) is 26.0 Å². The lowest BCUT2D eigenvalue weighted by atomic mass is 9.96. The number of hydrogen-bond acceptors (Lipinski definition) is 2. The third kappa shape index (κ3) is 3.50. The van der Waals surface area contributed by atoms with Crippen LogP contribution in [0.2, 0.25) is 0 Å². The van der Waals surface area contributed by atoms with Gasteiger partial charge in [0.2, 0.25) is 10.0 Å². The molecule has 0 amide bonds. The van der Waals surface area contributed by atoms with Crippen molar-refractivity contribution in [3.8, 4) is 0 Å². The van der Waals surface area contributed by atoms with Crippen molar-refractivity contribution in [2.45, 2.75) is 55.8 Å². The van der Waals surface area contributed by atoms with Gasteiger partial charge in [0, 0.05) is 11.4 Å². The van der Waals surface area contributed by atoms with Crippen LogP contribution in [0, 0.1) is 13.8 Å². The summed E-state index contributed by atoms with van der Waals surface area (Å²) in [5.74, 6) is 0. The molecule has 0 radical (unpaired) electrons. The highest BCUT2D eigenvalue weighted by atomic mass is 35.5. The van der Waals surface area contributed by atoms with Gasteiger partial charge in [0.1, 0.15) is 0 Å². The van der Waals surface area contributed by atoms with Gasteiger partial charge >= 0.3 is 0 Å². The zero-order valence-electron chi connectivity index (χ0n) is 11.3. The lowest BCUT2D eigenvalue weighted by Gasteiger charge is -2.27. The molecule has 106 valence electrons. The van der Waals surface area contributed by atoms with Crippen LogP contribution < -0.4 is 4.72 Å². The molecule has 19 heavy (non-hydrogen) atoms. The molecule has 0 aliphatic heterocycles. The van der Waals surface area contributed by atoms with Gasteiger partial charge in [-0.25, -0.2) is 13.1 Å². The maximum atomic E-state index is 12.4. The van der Waals surface area contributed by atoms with E-state index < -0.39 is 10.0 Å². The predicted octanol–water partition coefficient (Wildman–Crippen LogP) is 3.13. The van der Waals surface area contributed by atoms with E-state index in [9.17, 15) is 8.42 Å². The van der Waals surface area contributed by atoms with E-state index in [-0.39, 0.29) is 11.4 Å². The molecule has 1 N–H and O–H groups in total. The second-order valence-corrected chi connectivity index (χ2v) is 7.54. The molecule has 1 aliphatic carbocycles. The Bertz CT molecular complexity index is 557. The number of nitrogens with one attached hydrogen (secondary N) is 1. The normalized spacial score (nSPS) is 24.4. The molecule has 5 heteroatoms. The fraction of sp³-hybridized carbons (Fsp3) is 0.571. The Labute approximate surface area is 120 Å². The molecular weight excluding hydrogens is 282 g/mol. The van der Waals surface area contributed by atoms with Crippen molar-refractivity contribution in [1.82, 2.24) is 4.72 Å². The summed E-state index contributed by atoms with van der Waals surface area (Å²) in [5.41, 5.74) is 1.71. The third-order valence-electron chi connectivity index (χ3n) is 3.62. The fourth-order valence-corrected chi connectivity index (χ4v) is 4.54. The van der Waals surface area contributed by atoms with Crippen LogP contribution in [0.25, 0.3) is 0 Å². The van der Waals surface area contributed by atoms with Crippen LogP contribution in [-0.2, 0) is 10.0 Å². The number of halogens is 1. The number of alkyl halides is 1. The maximum absolute atomic E-state index is 12.4. The van der Waals surface area contributed by atoms with Crippen LogP contribution in [0.3, 0.4) is 0 Å². The van der Waals surface area contributed by atoms with Crippen molar-refractivity contribution in [2.24, 2.45) is 0 Å². The van der Waals surface area contributed by atoms with E-state index in [0.717, 1.165) is 36.8 Å². The first-order valence-electron chi connectivity index (χ1n) is 6.64. The summed E-state index contributed by atoms with van der Waals surface area (Å²) >= 11 is 6.22. The van der Waals surface area contributed by atoms with E-state index in [2.05, 4.69) is 4.72 Å². The second-order valence-electron chi connectivity index (χ2n) is 5.30. The lowest BCUT2D eigenvalue weighted by Crippen LogP contribution is -2.42. The summed E-state index contributed by atoms with van der Waals surface area (Å²) in [6, 6.07) is 5.31. The summed E-state index contributed by atoms with van der Waals surface area (Å²) in [6.07, 6.45) is 3.80. The summed E-state index contributed by atoms with van der Waals surface area (Å²) in [5, 5.41) is -0.103. The van der Waals surface area contributed by atoms with Crippen molar-refractivity contribution in [3.63, 3.8) is 0 Å². The standard InChI is InChI=1S/C14H20ClNO2S/c1-10-7-8-11(2)14(9-10)19(17,18)16-13-6-4-3-5-12(13)15/h7-9,12-13,16H,3-6H2,1-2H3. The van der Waals surface area contributed by atoms with Gasteiger partial charge in [0.25, 0.3) is 0 Å². The zero-order valence-corrected chi connectivity index (χ0v) is 12.9. The average Bonchev–Trinajstić information content (AvgIpc) is 2.35. The summed E-state index contributed by atoms with van der Waals surface area (Å²) in [4.78, 5) is 0.363. The molecule has 1 saturated carbocycles. The molecule has 0 saturated heterocycles. The van der Waals surface area contributed by atoms with Gasteiger partial charge in [-0.1, -0.05) is 25.0 Å². The number of aryl methyl sites for hydroxylation is 2. The Morgan fingerprint density at radius 3 is 2.58 bits per heavy atom. The van der Waals surface area contributed by atoms with Gasteiger partial charge in [-0.15, -0.1) is 11.6 Å². The molecule has 1 aromatic rings. The van der Waals surface area contributed by atoms with Crippen molar-refractivity contribution in [2.75, 3.05) is 0 Å². The Morgan fingerprint density at radius 1 is 1.21 bits per heavy atom. The molecular formula is C14H20ClNO2S. The van der Waals surface area contributed by atoms with E-state index in [1.54, 1.807) is 6.07 Å². The zero-order chi connectivity index (χ0) is 14.0. The topological polar surface area (TPSA) is 46.2 Å². The molecule has 2 rings (SSSR count). The van der Waals surface area contributed by atoms with Crippen LogP contribution >= 0.6 is 11.6 Å². The van der Waals surface area contributed by atoms with Gasteiger partial charge in [0.15, 0.2) is 0 Å². The Balaban J connectivity index is 2.24. The summed E-state index contributed by atoms with van der Waals surface area (Å²) < 4.78 is 27.7. The highest BCUT2D eigenvalue weighted by Gasteiger charge is 2.28. The van der Waals surface area contributed by atoms with Crippen LogP contribution in [0.15, 0.2) is 23.1 Å². The van der Waals surface area contributed by atoms with E-state index in [4.69, 9.17) is 11.6 Å². The van der Waals surface area contributed by atoms with Gasteiger partial charge in [-0.2, -0.15) is 0 Å². The molecule has 0 heterocycles. The Hall–Kier alpha value is -0.580. The summed E-state index contributed by atoms with van der Waals surface area (Å²) in [6.45, 7) is 3.70. The first-order chi connectivity index (χ1) is 8.90. The van der Waals surface area contributed by atoms with Crippen molar-refractivity contribution >= 4 is 21.6 Å². The minimum Gasteiger partial charge on any atom is -0.207 e. The van der Waals surface area contributed by atoms with E-state index in [1.165, 1.54) is 0 Å². The number of rotatable bonds is 3. The van der Waals surface area contributed by atoms with Crippen LogP contribution in [0.5, 0.6) is 0 Å². The van der Waals surface area contributed by atoms with E-state index in [0.29, 0.717) is 4.90 Å². The van der Waals surface area contributed by atoms with Crippen molar-refractivity contribution in [3.05, 3.63) is 29.3 Å². The number of hydrogen-bond donors (Lipinski definition) is 1. The average molecular weight is 302 g/mol. The molecule has 2 unspecified atom stereocenters. The first kappa shape index (κ1) is 14.8. The third-order valence-corrected chi connectivity index (χ3v) is 5.78. The lowest BCUT2D eigenvalue weighted by molar-refractivity contribution is 0.418. The molecule has 1 aromatic carbocycles. The van der Waals surface area contributed by atoms with E-state index >= 15 is 0 Å². The minimum atomic E-state index is -3.48. The smallest absolute Gasteiger partial charge is 0.207 e. The second kappa shape index (κ2) is 5.81. The minimum absolute atomic E-state index is 0.103. The maximum Gasteiger partial charge on any atom is 0.241 e. The van der Waals surface area contributed by atoms with Crippen molar-refractivity contribution < 1.29 is 8.42 Å². The Kier molecular flexibility index (Phi) is 4.54. The monoisotopic (exact) mass is 301 g/mol. The fourth-order valence-electron chi connectivity index (χ4n) is 2.48. The van der Waals surface area contributed by atoms with Crippen LogP contribution in [-0.4, -0.2) is 19.8 Å².